The maximum absolute atomic E-state index is 13.0. The lowest BCUT2D eigenvalue weighted by Crippen LogP contribution is -2.43. The number of anilines is 1. The van der Waals surface area contributed by atoms with Gasteiger partial charge in [0.1, 0.15) is 12.6 Å². The fourth-order valence-electron chi connectivity index (χ4n) is 4.52. The molecule has 0 radical (unpaired) electrons. The van der Waals surface area contributed by atoms with Crippen molar-refractivity contribution in [1.29, 1.82) is 0 Å². The normalized spacial score (nSPS) is 15.4. The second-order valence-corrected chi connectivity index (χ2v) is 9.13. The number of ether oxygens (including phenoxy) is 1. The van der Waals surface area contributed by atoms with Crippen molar-refractivity contribution in [1.82, 2.24) is 14.7 Å². The average molecular weight is 509 g/mol. The minimum atomic E-state index is -0.588. The Morgan fingerprint density at radius 2 is 1.68 bits per heavy atom. The summed E-state index contributed by atoms with van der Waals surface area (Å²) in [7, 11) is 0. The Morgan fingerprint density at radius 3 is 2.39 bits per heavy atom. The summed E-state index contributed by atoms with van der Waals surface area (Å²) in [5.74, 6) is -0.257. The van der Waals surface area contributed by atoms with Gasteiger partial charge in [-0.25, -0.2) is 9.48 Å². The predicted octanol–water partition coefficient (Wildman–Crippen LogP) is 3.14. The highest BCUT2D eigenvalue weighted by Gasteiger charge is 2.35. The number of benzene rings is 3. The van der Waals surface area contributed by atoms with E-state index in [1.54, 1.807) is 18.2 Å². The molecule has 0 saturated carbocycles. The highest BCUT2D eigenvalue weighted by Crippen LogP contribution is 2.21. The first-order chi connectivity index (χ1) is 18.5. The SMILES string of the molecule is C=c1[nH]n(-c2ccccc2)c(=O)c1=Cc1ccc(NC(=O)[C@@H]2CCCN2C(=O)OCc2ccccc2)cc1. The lowest BCUT2D eigenvalue weighted by Gasteiger charge is -2.23. The van der Waals surface area contributed by atoms with Crippen LogP contribution < -0.4 is 21.4 Å². The third-order valence-electron chi connectivity index (χ3n) is 6.50. The standard InChI is InChI=1S/C30H28N4O4/c1-21-26(29(36)34(32-21)25-11-6-3-7-12-25)19-22-14-16-24(17-15-22)31-28(35)27-13-8-18-33(27)30(37)38-20-23-9-4-2-5-10-23/h2-7,9-12,14-17,19,27,32H,1,8,13,18,20H2,(H,31,35)/t27-/m0/s1. The van der Waals surface area contributed by atoms with Gasteiger partial charge in [0.15, 0.2) is 0 Å². The van der Waals surface area contributed by atoms with Crippen molar-refractivity contribution in [2.75, 3.05) is 11.9 Å². The van der Waals surface area contributed by atoms with E-state index in [2.05, 4.69) is 17.0 Å². The molecule has 38 heavy (non-hydrogen) atoms. The fraction of sp³-hybridized carbons (Fsp3) is 0.167. The van der Waals surface area contributed by atoms with Crippen LogP contribution in [0.4, 0.5) is 10.5 Å². The Hall–Kier alpha value is -4.85. The maximum atomic E-state index is 13.0. The van der Waals surface area contributed by atoms with Crippen LogP contribution in [0.25, 0.3) is 18.3 Å². The third-order valence-corrected chi connectivity index (χ3v) is 6.50. The monoisotopic (exact) mass is 508 g/mol. The van der Waals surface area contributed by atoms with Gasteiger partial charge < -0.3 is 10.1 Å². The molecule has 1 saturated heterocycles. The molecule has 1 aromatic heterocycles. The fourth-order valence-corrected chi connectivity index (χ4v) is 4.52. The van der Waals surface area contributed by atoms with E-state index in [9.17, 15) is 14.4 Å². The molecule has 0 spiro atoms. The molecule has 192 valence electrons. The number of para-hydroxylation sites is 1. The van der Waals surface area contributed by atoms with Crippen molar-refractivity contribution in [3.8, 4) is 5.69 Å². The number of amides is 2. The Labute approximate surface area is 219 Å². The van der Waals surface area contributed by atoms with E-state index in [0.29, 0.717) is 29.2 Å². The first kappa shape index (κ1) is 24.8. The average Bonchev–Trinajstić information content (AvgIpc) is 3.55. The van der Waals surface area contributed by atoms with E-state index in [1.807, 2.05) is 72.8 Å². The molecule has 1 aliphatic rings. The maximum Gasteiger partial charge on any atom is 0.410 e. The van der Waals surface area contributed by atoms with Crippen molar-refractivity contribution < 1.29 is 14.3 Å². The quantitative estimate of drug-likeness (QED) is 0.418. The van der Waals surface area contributed by atoms with Crippen LogP contribution in [-0.2, 0) is 16.1 Å². The van der Waals surface area contributed by atoms with Gasteiger partial charge in [0.2, 0.25) is 5.91 Å². The molecule has 8 heteroatoms. The van der Waals surface area contributed by atoms with E-state index < -0.39 is 12.1 Å². The molecule has 0 aliphatic carbocycles. The molecule has 1 fully saturated rings. The number of likely N-dealkylation sites (tertiary alicyclic amines) is 1. The van der Waals surface area contributed by atoms with Crippen LogP contribution in [-0.4, -0.2) is 39.3 Å². The largest absolute Gasteiger partial charge is 0.445 e. The Morgan fingerprint density at radius 1 is 1.00 bits per heavy atom. The van der Waals surface area contributed by atoms with Crippen molar-refractivity contribution >= 4 is 30.3 Å². The van der Waals surface area contributed by atoms with Crippen molar-refractivity contribution in [3.63, 3.8) is 0 Å². The van der Waals surface area contributed by atoms with Crippen molar-refractivity contribution in [2.24, 2.45) is 0 Å². The van der Waals surface area contributed by atoms with Crippen LogP contribution in [0.15, 0.2) is 89.7 Å². The lowest BCUT2D eigenvalue weighted by atomic mass is 10.1. The van der Waals surface area contributed by atoms with Gasteiger partial charge in [0.05, 0.1) is 16.3 Å². The van der Waals surface area contributed by atoms with Gasteiger partial charge in [-0.2, -0.15) is 0 Å². The summed E-state index contributed by atoms with van der Waals surface area (Å²) < 4.78 is 6.89. The van der Waals surface area contributed by atoms with Crippen molar-refractivity contribution in [2.45, 2.75) is 25.5 Å². The number of aromatic nitrogens is 2. The summed E-state index contributed by atoms with van der Waals surface area (Å²) in [6.07, 6.45) is 2.57. The van der Waals surface area contributed by atoms with Gasteiger partial charge in [0, 0.05) is 12.2 Å². The third kappa shape index (κ3) is 5.44. The number of carbonyl (C=O) groups excluding carboxylic acids is 2. The Bertz CT molecular complexity index is 1590. The van der Waals surface area contributed by atoms with Gasteiger partial charge in [-0.3, -0.25) is 19.6 Å². The van der Waals surface area contributed by atoms with Gasteiger partial charge in [0.25, 0.3) is 5.56 Å². The van der Waals surface area contributed by atoms with Crippen LogP contribution >= 0.6 is 0 Å². The Balaban J connectivity index is 1.25. The zero-order valence-corrected chi connectivity index (χ0v) is 20.8. The molecule has 0 unspecified atom stereocenters. The molecule has 4 aromatic rings. The van der Waals surface area contributed by atoms with E-state index in [-0.39, 0.29) is 18.1 Å². The van der Waals surface area contributed by atoms with Crippen LogP contribution in [0.3, 0.4) is 0 Å². The number of aromatic amines is 1. The smallest absolute Gasteiger partial charge is 0.410 e. The van der Waals surface area contributed by atoms with E-state index in [4.69, 9.17) is 4.74 Å². The zero-order valence-electron chi connectivity index (χ0n) is 20.8. The zero-order chi connectivity index (χ0) is 26.5. The molecule has 0 bridgehead atoms. The summed E-state index contributed by atoms with van der Waals surface area (Å²) in [5.41, 5.74) is 2.81. The van der Waals surface area contributed by atoms with Gasteiger partial charge in [-0.15, -0.1) is 0 Å². The highest BCUT2D eigenvalue weighted by molar-refractivity contribution is 5.96. The second kappa shape index (κ2) is 11.0. The van der Waals surface area contributed by atoms with Crippen LogP contribution in [0.1, 0.15) is 24.0 Å². The first-order valence-corrected chi connectivity index (χ1v) is 12.4. The lowest BCUT2D eigenvalue weighted by molar-refractivity contribution is -0.120. The first-order valence-electron chi connectivity index (χ1n) is 12.4. The summed E-state index contributed by atoms with van der Waals surface area (Å²) in [4.78, 5) is 40.0. The topological polar surface area (TPSA) is 96.4 Å². The van der Waals surface area contributed by atoms with Crippen LogP contribution in [0.2, 0.25) is 0 Å². The molecule has 2 N–H and O–H groups in total. The number of nitrogens with one attached hydrogen (secondary N) is 2. The number of carbonyl (C=O) groups is 2. The minimum absolute atomic E-state index is 0.162. The van der Waals surface area contributed by atoms with Crippen molar-refractivity contribution in [3.05, 3.63) is 117 Å². The van der Waals surface area contributed by atoms with Crippen LogP contribution in [0, 0.1) is 0 Å². The summed E-state index contributed by atoms with van der Waals surface area (Å²) in [5, 5.41) is 6.88. The molecular formula is C30H28N4O4. The second-order valence-electron chi connectivity index (χ2n) is 9.13. The van der Waals surface area contributed by atoms with E-state index in [1.165, 1.54) is 9.58 Å². The van der Waals surface area contributed by atoms with Gasteiger partial charge in [-0.05, 0) is 54.3 Å². The number of nitrogens with zero attached hydrogens (tertiary/aromatic N) is 2. The van der Waals surface area contributed by atoms with Gasteiger partial charge in [-0.1, -0.05) is 67.2 Å². The predicted molar refractivity (Wildman–Crippen MR) is 146 cm³/mol. The number of rotatable bonds is 6. The number of hydrogen-bond donors (Lipinski definition) is 2. The molecule has 2 heterocycles. The molecular weight excluding hydrogens is 480 g/mol. The summed E-state index contributed by atoms with van der Waals surface area (Å²) in [6.45, 7) is 4.61. The molecule has 5 rings (SSSR count). The summed E-state index contributed by atoms with van der Waals surface area (Å²) in [6, 6.07) is 25.3. The Kier molecular flexibility index (Phi) is 7.21. The number of hydrogen-bond acceptors (Lipinski definition) is 4. The van der Waals surface area contributed by atoms with E-state index >= 15 is 0 Å². The molecule has 1 atom stereocenters. The molecule has 8 nitrogen and oxygen atoms in total. The van der Waals surface area contributed by atoms with Crippen LogP contribution in [0.5, 0.6) is 0 Å². The van der Waals surface area contributed by atoms with E-state index in [0.717, 1.165) is 23.2 Å². The highest BCUT2D eigenvalue weighted by atomic mass is 16.6. The molecule has 3 aromatic carbocycles. The summed E-state index contributed by atoms with van der Waals surface area (Å²) >= 11 is 0. The number of H-pyrrole nitrogens is 1. The van der Waals surface area contributed by atoms with Gasteiger partial charge >= 0.3 is 6.09 Å². The minimum Gasteiger partial charge on any atom is -0.445 e. The molecule has 1 aliphatic heterocycles. The molecule has 2 amide bonds.